The molecule has 0 radical (unpaired) electrons. The highest BCUT2D eigenvalue weighted by atomic mass is 35.5. The Morgan fingerprint density at radius 2 is 2.32 bits per heavy atom. The van der Waals surface area contributed by atoms with Gasteiger partial charge in [0, 0.05) is 37.4 Å². The summed E-state index contributed by atoms with van der Waals surface area (Å²) in [5.74, 6) is 0.447. The first-order chi connectivity index (χ1) is 12.1. The lowest BCUT2D eigenvalue weighted by atomic mass is 9.97. The molecule has 0 saturated carbocycles. The summed E-state index contributed by atoms with van der Waals surface area (Å²) in [6.45, 7) is 5.93. The number of hydrogen-bond acceptors (Lipinski definition) is 4. The second kappa shape index (κ2) is 8.79. The molecular formula is C19H24ClN3OS. The van der Waals surface area contributed by atoms with Crippen LogP contribution >= 0.6 is 22.9 Å². The zero-order chi connectivity index (χ0) is 17.6. The number of thiophene rings is 1. The average molecular weight is 378 g/mol. The zero-order valence-electron chi connectivity index (χ0n) is 14.5. The monoisotopic (exact) mass is 377 g/mol. The Hall–Kier alpha value is -1.43. The molecule has 3 rings (SSSR count). The molecule has 1 unspecified atom stereocenters. The van der Waals surface area contributed by atoms with Gasteiger partial charge in [-0.2, -0.15) is 0 Å². The van der Waals surface area contributed by atoms with Gasteiger partial charge < -0.3 is 10.2 Å². The number of amides is 1. The number of nitrogens with one attached hydrogen (secondary N) is 1. The maximum atomic E-state index is 12.2. The molecule has 0 aliphatic carbocycles. The number of piperidine rings is 1. The molecule has 1 aliphatic heterocycles. The fourth-order valence-electron chi connectivity index (χ4n) is 3.31. The molecule has 2 aromatic heterocycles. The molecule has 1 aliphatic rings. The van der Waals surface area contributed by atoms with Crippen molar-refractivity contribution in [3.8, 4) is 0 Å². The van der Waals surface area contributed by atoms with Crippen molar-refractivity contribution in [2.75, 3.05) is 26.2 Å². The highest BCUT2D eigenvalue weighted by Gasteiger charge is 2.21. The highest BCUT2D eigenvalue weighted by molar-refractivity contribution is 7.12. The molecule has 1 saturated heterocycles. The molecule has 1 fully saturated rings. The third-order valence-electron chi connectivity index (χ3n) is 4.61. The van der Waals surface area contributed by atoms with Gasteiger partial charge in [0.1, 0.15) is 4.88 Å². The van der Waals surface area contributed by atoms with Gasteiger partial charge in [0.2, 0.25) is 0 Å². The number of aromatic nitrogens is 1. The lowest BCUT2D eigenvalue weighted by molar-refractivity contribution is 0.0937. The number of nitrogens with zero attached hydrogens (tertiary/aromatic N) is 2. The van der Waals surface area contributed by atoms with Crippen LogP contribution < -0.4 is 5.32 Å². The van der Waals surface area contributed by atoms with Crippen LogP contribution in [0, 0.1) is 12.8 Å². The van der Waals surface area contributed by atoms with Crippen molar-refractivity contribution < 1.29 is 4.79 Å². The SMILES string of the molecule is Cc1cccc(CCN2CCCC(CNC(=O)c3sccc3Cl)C2)n1. The van der Waals surface area contributed by atoms with Crippen LogP contribution in [0.2, 0.25) is 5.02 Å². The van der Waals surface area contributed by atoms with Crippen LogP contribution in [-0.4, -0.2) is 42.0 Å². The van der Waals surface area contributed by atoms with Crippen LogP contribution in [0.1, 0.15) is 33.9 Å². The lowest BCUT2D eigenvalue weighted by Gasteiger charge is -2.32. The van der Waals surface area contributed by atoms with Crippen molar-refractivity contribution in [3.05, 3.63) is 50.9 Å². The fraction of sp³-hybridized carbons (Fsp3) is 0.474. The molecule has 1 atom stereocenters. The quantitative estimate of drug-likeness (QED) is 0.833. The maximum Gasteiger partial charge on any atom is 0.262 e. The minimum Gasteiger partial charge on any atom is -0.351 e. The van der Waals surface area contributed by atoms with Crippen LogP contribution in [-0.2, 0) is 6.42 Å². The van der Waals surface area contributed by atoms with E-state index >= 15 is 0 Å². The molecule has 4 nitrogen and oxygen atoms in total. The molecule has 1 N–H and O–H groups in total. The summed E-state index contributed by atoms with van der Waals surface area (Å²) >= 11 is 7.42. The first-order valence-electron chi connectivity index (χ1n) is 8.78. The number of halogens is 1. The Labute approximate surface area is 158 Å². The molecule has 0 aromatic carbocycles. The van der Waals surface area contributed by atoms with Crippen LogP contribution in [0.5, 0.6) is 0 Å². The summed E-state index contributed by atoms with van der Waals surface area (Å²) in [6, 6.07) is 7.97. The van der Waals surface area contributed by atoms with Crippen LogP contribution in [0.4, 0.5) is 0 Å². The zero-order valence-corrected chi connectivity index (χ0v) is 16.1. The normalized spacial score (nSPS) is 18.2. The Kier molecular flexibility index (Phi) is 6.45. The first-order valence-corrected chi connectivity index (χ1v) is 10.0. The highest BCUT2D eigenvalue weighted by Crippen LogP contribution is 2.22. The maximum absolute atomic E-state index is 12.2. The summed E-state index contributed by atoms with van der Waals surface area (Å²) in [7, 11) is 0. The number of carbonyl (C=O) groups is 1. The molecule has 25 heavy (non-hydrogen) atoms. The van der Waals surface area contributed by atoms with Gasteiger partial charge in [0.25, 0.3) is 5.91 Å². The van der Waals surface area contributed by atoms with E-state index in [0.717, 1.165) is 43.9 Å². The fourth-order valence-corrected chi connectivity index (χ4v) is 4.36. The van der Waals surface area contributed by atoms with Crippen molar-refractivity contribution >= 4 is 28.8 Å². The van der Waals surface area contributed by atoms with E-state index in [-0.39, 0.29) is 5.91 Å². The van der Waals surface area contributed by atoms with Crippen LogP contribution in [0.25, 0.3) is 0 Å². The number of hydrogen-bond donors (Lipinski definition) is 1. The largest absolute Gasteiger partial charge is 0.351 e. The van der Waals surface area contributed by atoms with E-state index < -0.39 is 0 Å². The smallest absolute Gasteiger partial charge is 0.262 e. The summed E-state index contributed by atoms with van der Waals surface area (Å²) in [6.07, 6.45) is 3.32. The van der Waals surface area contributed by atoms with Gasteiger partial charge in [0.05, 0.1) is 5.02 Å². The third kappa shape index (κ3) is 5.27. The van der Waals surface area contributed by atoms with Crippen molar-refractivity contribution in [2.24, 2.45) is 5.92 Å². The molecule has 2 aromatic rings. The minimum atomic E-state index is -0.0546. The second-order valence-electron chi connectivity index (χ2n) is 6.64. The summed E-state index contributed by atoms with van der Waals surface area (Å²) in [5.41, 5.74) is 2.23. The number of carbonyl (C=O) groups excluding carboxylic acids is 1. The topological polar surface area (TPSA) is 45.2 Å². The predicted molar refractivity (Wildman–Crippen MR) is 104 cm³/mol. The molecule has 6 heteroatoms. The Morgan fingerprint density at radius 3 is 3.08 bits per heavy atom. The van der Waals surface area contributed by atoms with Crippen molar-refractivity contribution in [1.82, 2.24) is 15.2 Å². The van der Waals surface area contributed by atoms with E-state index in [4.69, 9.17) is 11.6 Å². The Balaban J connectivity index is 1.45. The lowest BCUT2D eigenvalue weighted by Crippen LogP contribution is -2.41. The summed E-state index contributed by atoms with van der Waals surface area (Å²) < 4.78 is 0. The predicted octanol–water partition coefficient (Wildman–Crippen LogP) is 3.79. The van der Waals surface area contributed by atoms with E-state index in [1.165, 1.54) is 17.8 Å². The van der Waals surface area contributed by atoms with Crippen molar-refractivity contribution in [3.63, 3.8) is 0 Å². The van der Waals surface area contributed by atoms with Crippen LogP contribution in [0.15, 0.2) is 29.6 Å². The molecule has 1 amide bonds. The van der Waals surface area contributed by atoms with Gasteiger partial charge in [-0.15, -0.1) is 11.3 Å². The van der Waals surface area contributed by atoms with Gasteiger partial charge in [0.15, 0.2) is 0 Å². The number of aryl methyl sites for hydroxylation is 1. The number of pyridine rings is 1. The first kappa shape index (κ1) is 18.4. The molecular weight excluding hydrogens is 354 g/mol. The third-order valence-corrected chi connectivity index (χ3v) is 5.95. The minimum absolute atomic E-state index is 0.0546. The Morgan fingerprint density at radius 1 is 1.44 bits per heavy atom. The molecule has 134 valence electrons. The number of rotatable bonds is 6. The van der Waals surface area contributed by atoms with Crippen molar-refractivity contribution in [2.45, 2.75) is 26.2 Å². The van der Waals surface area contributed by atoms with Gasteiger partial charge in [-0.25, -0.2) is 0 Å². The van der Waals surface area contributed by atoms with Gasteiger partial charge in [-0.05, 0) is 55.8 Å². The van der Waals surface area contributed by atoms with E-state index in [0.29, 0.717) is 22.4 Å². The average Bonchev–Trinajstić information content (AvgIpc) is 3.04. The standard InChI is InChI=1S/C19H24ClN3OS/c1-14-4-2-6-16(22-14)7-10-23-9-3-5-15(13-23)12-21-19(24)18-17(20)8-11-25-18/h2,4,6,8,11,15H,3,5,7,9-10,12-13H2,1H3,(H,21,24). The Bertz CT molecular complexity index is 718. The molecule has 0 spiro atoms. The molecule has 3 heterocycles. The van der Waals surface area contributed by atoms with E-state index in [1.54, 1.807) is 6.07 Å². The number of likely N-dealkylation sites (tertiary alicyclic amines) is 1. The van der Waals surface area contributed by atoms with E-state index in [1.807, 2.05) is 18.4 Å². The van der Waals surface area contributed by atoms with Gasteiger partial charge in [-0.1, -0.05) is 17.7 Å². The van der Waals surface area contributed by atoms with E-state index in [2.05, 4.69) is 27.3 Å². The second-order valence-corrected chi connectivity index (χ2v) is 7.96. The van der Waals surface area contributed by atoms with E-state index in [9.17, 15) is 4.79 Å². The van der Waals surface area contributed by atoms with Gasteiger partial charge in [-0.3, -0.25) is 9.78 Å². The molecule has 0 bridgehead atoms. The summed E-state index contributed by atoms with van der Waals surface area (Å²) in [5, 5.41) is 5.43. The summed E-state index contributed by atoms with van der Waals surface area (Å²) in [4.78, 5) is 19.9. The van der Waals surface area contributed by atoms with Crippen LogP contribution in [0.3, 0.4) is 0 Å². The van der Waals surface area contributed by atoms with Crippen molar-refractivity contribution in [1.29, 1.82) is 0 Å². The van der Waals surface area contributed by atoms with Gasteiger partial charge >= 0.3 is 0 Å².